The van der Waals surface area contributed by atoms with Crippen molar-refractivity contribution in [2.24, 2.45) is 0 Å². The molecule has 2 aromatic rings. The Balaban J connectivity index is 2.41. The van der Waals surface area contributed by atoms with Gasteiger partial charge in [0.1, 0.15) is 5.75 Å². The maximum atomic E-state index is 10.9. The number of nitrogens with two attached hydrogens (primary N) is 1. The summed E-state index contributed by atoms with van der Waals surface area (Å²) in [6.45, 7) is 0. The van der Waals surface area contributed by atoms with Gasteiger partial charge in [-0.25, -0.2) is 9.78 Å². The number of benzene rings is 1. The number of pyridine rings is 1. The number of hydrogen-bond donors (Lipinski definition) is 3. The van der Waals surface area contributed by atoms with E-state index in [9.17, 15) is 4.79 Å². The molecule has 0 radical (unpaired) electrons. The lowest BCUT2D eigenvalue weighted by Gasteiger charge is -2.12. The van der Waals surface area contributed by atoms with Crippen molar-refractivity contribution in [3.05, 3.63) is 40.5 Å². The Labute approximate surface area is 123 Å². The molecule has 0 atom stereocenters. The van der Waals surface area contributed by atoms with Crippen molar-refractivity contribution < 1.29 is 14.6 Å². The molecule has 4 N–H and O–H groups in total. The number of aromatic nitrogens is 1. The van der Waals surface area contributed by atoms with Gasteiger partial charge in [0.05, 0.1) is 18.5 Å². The second-order valence-corrected chi connectivity index (χ2v) is 4.82. The van der Waals surface area contributed by atoms with E-state index in [0.717, 1.165) is 4.47 Å². The minimum atomic E-state index is -1.12. The number of hydrogen-bond acceptors (Lipinski definition) is 5. The van der Waals surface area contributed by atoms with Gasteiger partial charge in [-0.2, -0.15) is 0 Å². The molecule has 7 heteroatoms. The molecule has 0 unspecified atom stereocenters. The summed E-state index contributed by atoms with van der Waals surface area (Å²) >= 11 is 3.35. The van der Waals surface area contributed by atoms with Gasteiger partial charge in [-0.05, 0) is 30.3 Å². The predicted octanol–water partition coefficient (Wildman–Crippen LogP) is 2.88. The first-order valence-electron chi connectivity index (χ1n) is 5.61. The molecule has 6 nitrogen and oxygen atoms in total. The number of halogens is 1. The molecule has 0 fully saturated rings. The monoisotopic (exact) mass is 337 g/mol. The van der Waals surface area contributed by atoms with Crippen LogP contribution >= 0.6 is 15.9 Å². The van der Waals surface area contributed by atoms with Crippen molar-refractivity contribution in [2.45, 2.75) is 0 Å². The van der Waals surface area contributed by atoms with Gasteiger partial charge in [-0.1, -0.05) is 15.9 Å². The fourth-order valence-electron chi connectivity index (χ4n) is 1.59. The number of nitrogens with one attached hydrogen (secondary N) is 1. The van der Waals surface area contributed by atoms with Crippen molar-refractivity contribution >= 4 is 39.1 Å². The molecule has 2 rings (SSSR count). The molecule has 1 aromatic carbocycles. The van der Waals surface area contributed by atoms with Crippen LogP contribution in [0.4, 0.5) is 17.2 Å². The number of nitrogens with zero attached hydrogens (tertiary/aromatic N) is 1. The molecule has 1 aromatic heterocycles. The normalized spacial score (nSPS) is 10.1. The number of carboxylic acids is 1. The SMILES string of the molecule is COc1ccc(Br)cc1Nc1nc(C(=O)O)ccc1N. The van der Waals surface area contributed by atoms with Gasteiger partial charge < -0.3 is 20.9 Å². The Hall–Kier alpha value is -2.28. The Morgan fingerprint density at radius 1 is 1.40 bits per heavy atom. The van der Waals surface area contributed by atoms with Gasteiger partial charge in [0, 0.05) is 4.47 Å². The van der Waals surface area contributed by atoms with E-state index in [4.69, 9.17) is 15.6 Å². The van der Waals surface area contributed by atoms with Gasteiger partial charge in [0.2, 0.25) is 0 Å². The first kappa shape index (κ1) is 14.1. The summed E-state index contributed by atoms with van der Waals surface area (Å²) in [6, 6.07) is 8.22. The molecule has 0 saturated carbocycles. The maximum Gasteiger partial charge on any atom is 0.354 e. The van der Waals surface area contributed by atoms with Crippen LogP contribution in [0.5, 0.6) is 5.75 Å². The molecule has 0 spiro atoms. The van der Waals surface area contributed by atoms with Crippen molar-refractivity contribution in [3.8, 4) is 5.75 Å². The number of ether oxygens (including phenoxy) is 1. The van der Waals surface area contributed by atoms with E-state index in [1.165, 1.54) is 12.1 Å². The first-order chi connectivity index (χ1) is 9.51. The van der Waals surface area contributed by atoms with Crippen molar-refractivity contribution in [1.82, 2.24) is 4.98 Å². The molecule has 0 aliphatic heterocycles. The van der Waals surface area contributed by atoms with E-state index in [0.29, 0.717) is 17.1 Å². The quantitative estimate of drug-likeness (QED) is 0.793. The summed E-state index contributed by atoms with van der Waals surface area (Å²) in [5.41, 5.74) is 6.68. The van der Waals surface area contributed by atoms with E-state index < -0.39 is 5.97 Å². The lowest BCUT2D eigenvalue weighted by atomic mass is 10.2. The smallest absolute Gasteiger partial charge is 0.354 e. The van der Waals surface area contributed by atoms with E-state index in [-0.39, 0.29) is 11.5 Å². The molecular weight excluding hydrogens is 326 g/mol. The van der Waals surface area contributed by atoms with Crippen molar-refractivity contribution in [1.29, 1.82) is 0 Å². The van der Waals surface area contributed by atoms with Crippen LogP contribution in [-0.2, 0) is 0 Å². The number of rotatable bonds is 4. The highest BCUT2D eigenvalue weighted by molar-refractivity contribution is 9.10. The molecule has 1 heterocycles. The van der Waals surface area contributed by atoms with Crippen LogP contribution in [0.15, 0.2) is 34.8 Å². The minimum absolute atomic E-state index is 0.0873. The van der Waals surface area contributed by atoms with Crippen LogP contribution in [0.1, 0.15) is 10.5 Å². The van der Waals surface area contributed by atoms with E-state index in [1.54, 1.807) is 19.2 Å². The van der Waals surface area contributed by atoms with E-state index in [2.05, 4.69) is 26.2 Å². The van der Waals surface area contributed by atoms with Gasteiger partial charge in [0.25, 0.3) is 0 Å². The third-order valence-electron chi connectivity index (χ3n) is 2.56. The lowest BCUT2D eigenvalue weighted by Crippen LogP contribution is -2.06. The number of nitrogen functional groups attached to an aromatic ring is 1. The maximum absolute atomic E-state index is 10.9. The third kappa shape index (κ3) is 3.00. The molecule has 0 bridgehead atoms. The zero-order chi connectivity index (χ0) is 14.7. The van der Waals surface area contributed by atoms with Crippen molar-refractivity contribution in [3.63, 3.8) is 0 Å². The minimum Gasteiger partial charge on any atom is -0.495 e. The Morgan fingerprint density at radius 2 is 2.15 bits per heavy atom. The molecule has 0 saturated heterocycles. The topological polar surface area (TPSA) is 97.5 Å². The molecule has 104 valence electrons. The van der Waals surface area contributed by atoms with Crippen LogP contribution < -0.4 is 15.8 Å². The number of anilines is 3. The number of aromatic carboxylic acids is 1. The van der Waals surface area contributed by atoms with Gasteiger partial charge in [-0.15, -0.1) is 0 Å². The highest BCUT2D eigenvalue weighted by atomic mass is 79.9. The Bertz CT molecular complexity index is 661. The third-order valence-corrected chi connectivity index (χ3v) is 3.05. The average molecular weight is 338 g/mol. The summed E-state index contributed by atoms with van der Waals surface area (Å²) in [5, 5.41) is 11.9. The van der Waals surface area contributed by atoms with Crippen LogP contribution in [0.3, 0.4) is 0 Å². The second-order valence-electron chi connectivity index (χ2n) is 3.91. The zero-order valence-electron chi connectivity index (χ0n) is 10.6. The van der Waals surface area contributed by atoms with Gasteiger partial charge >= 0.3 is 5.97 Å². The number of carbonyl (C=O) groups is 1. The van der Waals surface area contributed by atoms with E-state index >= 15 is 0 Å². The molecular formula is C13H12BrN3O3. The molecule has 0 amide bonds. The molecule has 20 heavy (non-hydrogen) atoms. The highest BCUT2D eigenvalue weighted by Gasteiger charge is 2.11. The van der Waals surface area contributed by atoms with Gasteiger partial charge in [-0.3, -0.25) is 0 Å². The van der Waals surface area contributed by atoms with Crippen molar-refractivity contribution in [2.75, 3.05) is 18.2 Å². The first-order valence-corrected chi connectivity index (χ1v) is 6.41. The van der Waals surface area contributed by atoms with Gasteiger partial charge in [0.15, 0.2) is 11.5 Å². The summed E-state index contributed by atoms with van der Waals surface area (Å²) in [7, 11) is 1.54. The summed E-state index contributed by atoms with van der Waals surface area (Å²) < 4.78 is 6.06. The summed E-state index contributed by atoms with van der Waals surface area (Å²) in [4.78, 5) is 14.9. The Morgan fingerprint density at radius 3 is 2.80 bits per heavy atom. The van der Waals surface area contributed by atoms with Crippen LogP contribution in [0.25, 0.3) is 0 Å². The molecule has 0 aliphatic carbocycles. The average Bonchev–Trinajstić information content (AvgIpc) is 2.41. The second kappa shape index (κ2) is 5.79. The highest BCUT2D eigenvalue weighted by Crippen LogP contribution is 2.31. The fourth-order valence-corrected chi connectivity index (χ4v) is 1.96. The lowest BCUT2D eigenvalue weighted by molar-refractivity contribution is 0.0690. The van der Waals surface area contributed by atoms with E-state index in [1.807, 2.05) is 6.07 Å². The summed E-state index contributed by atoms with van der Waals surface area (Å²) in [6.07, 6.45) is 0. The largest absolute Gasteiger partial charge is 0.495 e. The molecule has 0 aliphatic rings. The van der Waals surface area contributed by atoms with Crippen LogP contribution in [0, 0.1) is 0 Å². The standard InChI is InChI=1S/C13H12BrN3O3/c1-20-11-5-2-7(14)6-10(11)17-12-8(15)3-4-9(16-12)13(18)19/h2-6H,15H2,1H3,(H,16,17)(H,18,19). The Kier molecular flexibility index (Phi) is 4.09. The van der Waals surface area contributed by atoms with Crippen LogP contribution in [0.2, 0.25) is 0 Å². The predicted molar refractivity (Wildman–Crippen MR) is 79.6 cm³/mol. The number of methoxy groups -OCH3 is 1. The fraction of sp³-hybridized carbons (Fsp3) is 0.0769. The summed E-state index contributed by atoms with van der Waals surface area (Å²) in [5.74, 6) is -0.259. The number of carboxylic acid groups (broad SMARTS) is 1. The van der Waals surface area contributed by atoms with Crippen LogP contribution in [-0.4, -0.2) is 23.2 Å². The zero-order valence-corrected chi connectivity index (χ0v) is 12.1.